The van der Waals surface area contributed by atoms with Crippen molar-refractivity contribution < 1.29 is 38.9 Å². The van der Waals surface area contributed by atoms with Gasteiger partial charge in [-0.3, -0.25) is 0 Å². The average molecular weight is 598 g/mol. The van der Waals surface area contributed by atoms with E-state index in [1.807, 2.05) is 0 Å². The van der Waals surface area contributed by atoms with E-state index < -0.39 is 75.3 Å². The molecular weight excluding hydrogens is 570 g/mol. The number of rotatable bonds is 13. The van der Waals surface area contributed by atoms with E-state index in [0.717, 1.165) is 21.6 Å². The van der Waals surface area contributed by atoms with Crippen molar-refractivity contribution in [3.63, 3.8) is 0 Å². The summed E-state index contributed by atoms with van der Waals surface area (Å²) in [5, 5.41) is 18.5. The van der Waals surface area contributed by atoms with E-state index >= 15 is 0 Å². The van der Waals surface area contributed by atoms with Crippen LogP contribution < -0.4 is 8.67 Å². The van der Waals surface area contributed by atoms with Crippen LogP contribution in [-0.2, 0) is 19.1 Å². The number of nitrogens with one attached hydrogen (secondary N) is 2. The van der Waals surface area contributed by atoms with Gasteiger partial charge >= 0.3 is 197 Å². The summed E-state index contributed by atoms with van der Waals surface area (Å²) in [4.78, 5) is 45.1. The number of hydrogen-bond donors (Lipinski definition) is 4. The molecule has 0 aliphatic heterocycles. The number of hydrogen-bond acceptors (Lipinski definition) is 10. The standard InChI is InChI=1S/C16H28N2O8S2Se2/c1-15(2,3)25-13(23)29-17-9(11(19)20)7-27-28-8-10(12(21)22)18-30-14(24)26-16(4,5)6/h9-10,17-18H,7-8H2,1-6H3,(H,19,20)(H,21,22). The third kappa shape index (κ3) is 16.3. The van der Waals surface area contributed by atoms with E-state index in [-0.39, 0.29) is 11.5 Å². The molecule has 0 spiro atoms. The van der Waals surface area contributed by atoms with Crippen LogP contribution in [0.1, 0.15) is 41.5 Å². The zero-order valence-corrected chi connectivity index (χ0v) is 22.6. The summed E-state index contributed by atoms with van der Waals surface area (Å²) in [6.07, 6.45) is 0. The van der Waals surface area contributed by atoms with Gasteiger partial charge in [-0.1, -0.05) is 0 Å². The molecule has 0 aliphatic carbocycles. The van der Waals surface area contributed by atoms with Crippen LogP contribution >= 0.6 is 21.6 Å². The molecule has 0 rings (SSSR count). The Morgan fingerprint density at radius 2 is 1.07 bits per heavy atom. The molecule has 0 radical (unpaired) electrons. The Hall–Kier alpha value is -0.461. The molecule has 0 amide bonds. The van der Waals surface area contributed by atoms with Gasteiger partial charge in [0.15, 0.2) is 0 Å². The summed E-state index contributed by atoms with van der Waals surface area (Å²) in [6.45, 7) is 10.3. The van der Waals surface area contributed by atoms with Crippen LogP contribution in [0.3, 0.4) is 0 Å². The second-order valence-electron chi connectivity index (χ2n) is 7.72. The van der Waals surface area contributed by atoms with E-state index in [0.29, 0.717) is 0 Å². The van der Waals surface area contributed by atoms with Crippen molar-refractivity contribution in [1.82, 2.24) is 8.67 Å². The molecule has 0 saturated carbocycles. The number of aliphatic carboxylic acids is 2. The Balaban J connectivity index is 4.38. The zero-order chi connectivity index (χ0) is 23.5. The average Bonchev–Trinajstić information content (AvgIpc) is 2.52. The molecule has 0 bridgehead atoms. The first kappa shape index (κ1) is 29.5. The molecule has 0 fully saturated rings. The monoisotopic (exact) mass is 600 g/mol. The summed E-state index contributed by atoms with van der Waals surface area (Å²) < 4.78 is 15.6. The molecule has 0 aromatic carbocycles. The third-order valence-corrected chi connectivity index (χ3v) is 7.66. The molecule has 174 valence electrons. The molecule has 0 aromatic heterocycles. The molecular formula is C16H28N2O8S2Se2. The van der Waals surface area contributed by atoms with Gasteiger partial charge in [0.05, 0.1) is 0 Å². The van der Waals surface area contributed by atoms with E-state index in [4.69, 9.17) is 9.47 Å². The van der Waals surface area contributed by atoms with Crippen molar-refractivity contribution in [2.24, 2.45) is 0 Å². The molecule has 0 aliphatic rings. The van der Waals surface area contributed by atoms with E-state index in [2.05, 4.69) is 8.67 Å². The number of carbonyl (C=O) groups is 4. The summed E-state index contributed by atoms with van der Waals surface area (Å²) >= 11 is -1.72. The van der Waals surface area contributed by atoms with Gasteiger partial charge in [-0.2, -0.15) is 0 Å². The second-order valence-corrected chi connectivity index (χ2v) is 13.5. The van der Waals surface area contributed by atoms with Crippen molar-refractivity contribution in [2.45, 2.75) is 64.8 Å². The minimum atomic E-state index is -1.12. The second kappa shape index (κ2) is 13.8. The van der Waals surface area contributed by atoms with Gasteiger partial charge in [-0.25, -0.2) is 0 Å². The molecule has 10 nitrogen and oxygen atoms in total. The number of ether oxygens (including phenoxy) is 2. The van der Waals surface area contributed by atoms with Gasteiger partial charge in [-0.15, -0.1) is 0 Å². The Bertz CT molecular complexity index is 559. The van der Waals surface area contributed by atoms with Crippen molar-refractivity contribution in [3.05, 3.63) is 0 Å². The normalized spacial score (nSPS) is 13.9. The van der Waals surface area contributed by atoms with Gasteiger partial charge in [-0.05, 0) is 0 Å². The predicted octanol–water partition coefficient (Wildman–Crippen LogP) is 1.56. The maximum absolute atomic E-state index is 11.7. The molecule has 0 heterocycles. The molecule has 30 heavy (non-hydrogen) atoms. The number of carbonyl (C=O) groups excluding carboxylic acids is 2. The SMILES string of the molecule is CC(C)(C)OC(=O)[Se]NC(CSSCC(N[Se]C(=O)OC(C)(C)C)C(=O)O)C(=O)O. The molecule has 4 N–H and O–H groups in total. The Kier molecular flexibility index (Phi) is 13.6. The molecule has 2 unspecified atom stereocenters. The van der Waals surface area contributed by atoms with Gasteiger partial charge in [0.25, 0.3) is 0 Å². The van der Waals surface area contributed by atoms with Crippen molar-refractivity contribution in [1.29, 1.82) is 0 Å². The van der Waals surface area contributed by atoms with Crippen molar-refractivity contribution in [3.8, 4) is 0 Å². The van der Waals surface area contributed by atoms with Crippen LogP contribution in [0.4, 0.5) is 9.59 Å². The summed E-state index contributed by atoms with van der Waals surface area (Å²) in [5.41, 5.74) is -1.30. The maximum atomic E-state index is 11.7. The third-order valence-electron chi connectivity index (χ3n) is 2.50. The van der Waals surface area contributed by atoms with Crippen LogP contribution in [0.15, 0.2) is 0 Å². The fourth-order valence-electron chi connectivity index (χ4n) is 1.32. The van der Waals surface area contributed by atoms with Crippen molar-refractivity contribution in [2.75, 3.05) is 11.5 Å². The zero-order valence-electron chi connectivity index (χ0n) is 17.5. The molecule has 0 aromatic rings. The summed E-state index contributed by atoms with van der Waals surface area (Å²) in [7, 11) is 2.33. The Morgan fingerprint density at radius 1 is 0.767 bits per heavy atom. The first-order chi connectivity index (χ1) is 13.6. The van der Waals surface area contributed by atoms with Gasteiger partial charge in [0.1, 0.15) is 0 Å². The summed E-state index contributed by atoms with van der Waals surface area (Å²) in [5.74, 6) is -1.99. The van der Waals surface area contributed by atoms with Crippen LogP contribution in [0.2, 0.25) is 0 Å². The predicted molar refractivity (Wildman–Crippen MR) is 118 cm³/mol. The van der Waals surface area contributed by atoms with Crippen LogP contribution in [0.5, 0.6) is 0 Å². The van der Waals surface area contributed by atoms with Crippen molar-refractivity contribution >= 4 is 73.6 Å². The van der Waals surface area contributed by atoms with Gasteiger partial charge < -0.3 is 0 Å². The quantitative estimate of drug-likeness (QED) is 0.138. The Labute approximate surface area is 196 Å². The van der Waals surface area contributed by atoms with E-state index in [1.54, 1.807) is 41.5 Å². The minimum absolute atomic E-state index is 0.119. The van der Waals surface area contributed by atoms with E-state index in [1.165, 1.54) is 0 Å². The number of carboxylic acids is 2. The van der Waals surface area contributed by atoms with Crippen LogP contribution in [0.25, 0.3) is 0 Å². The molecule has 0 saturated heterocycles. The van der Waals surface area contributed by atoms with E-state index in [9.17, 15) is 29.4 Å². The first-order valence-corrected chi connectivity index (χ1v) is 14.5. The van der Waals surface area contributed by atoms with Crippen LogP contribution in [-0.4, -0.2) is 97.0 Å². The fraction of sp³-hybridized carbons (Fsp3) is 0.750. The topological polar surface area (TPSA) is 151 Å². The first-order valence-electron chi connectivity index (χ1n) is 8.61. The molecule has 14 heteroatoms. The Morgan fingerprint density at radius 3 is 1.30 bits per heavy atom. The number of carboxylic acid groups (broad SMARTS) is 2. The van der Waals surface area contributed by atoms with Gasteiger partial charge in [0.2, 0.25) is 0 Å². The molecule has 2 atom stereocenters. The summed E-state index contributed by atoms with van der Waals surface area (Å²) in [6, 6.07) is -1.95. The fourth-order valence-corrected chi connectivity index (χ4v) is 7.11. The van der Waals surface area contributed by atoms with Crippen LogP contribution in [0, 0.1) is 0 Å². The van der Waals surface area contributed by atoms with Gasteiger partial charge in [0, 0.05) is 0 Å².